The van der Waals surface area contributed by atoms with Gasteiger partial charge in [-0.3, -0.25) is 9.59 Å². The van der Waals surface area contributed by atoms with Crippen LogP contribution in [0.4, 0.5) is 21.9 Å². The van der Waals surface area contributed by atoms with Crippen LogP contribution in [0.5, 0.6) is 0 Å². The second-order valence-corrected chi connectivity index (χ2v) is 7.63. The fourth-order valence-electron chi connectivity index (χ4n) is 2.90. The van der Waals surface area contributed by atoms with Gasteiger partial charge in [0.05, 0.1) is 11.3 Å². The maximum Gasteiger partial charge on any atom is 0.323 e. The zero-order valence-electron chi connectivity index (χ0n) is 18.0. The number of amides is 4. The van der Waals surface area contributed by atoms with Crippen molar-refractivity contribution in [2.75, 3.05) is 22.5 Å². The van der Waals surface area contributed by atoms with E-state index in [0.29, 0.717) is 40.7 Å². The Labute approximate surface area is 187 Å². The SMILES string of the molecule is CC(C)CNC(=O)c1ccccc1NC(=O)c1ccc(NC(=O)Nc2ccccc2)cc1. The van der Waals surface area contributed by atoms with E-state index < -0.39 is 0 Å². The first kappa shape index (κ1) is 22.6. The van der Waals surface area contributed by atoms with E-state index in [2.05, 4.69) is 21.3 Å². The summed E-state index contributed by atoms with van der Waals surface area (Å²) in [6, 6.07) is 22.1. The highest BCUT2D eigenvalue weighted by atomic mass is 16.2. The van der Waals surface area contributed by atoms with Gasteiger partial charge in [-0.25, -0.2) is 4.79 Å². The van der Waals surface area contributed by atoms with Gasteiger partial charge in [0.2, 0.25) is 0 Å². The van der Waals surface area contributed by atoms with Crippen molar-refractivity contribution in [2.24, 2.45) is 5.92 Å². The molecule has 7 nitrogen and oxygen atoms in total. The predicted octanol–water partition coefficient (Wildman–Crippen LogP) is 4.97. The molecule has 7 heteroatoms. The van der Waals surface area contributed by atoms with Crippen molar-refractivity contribution < 1.29 is 14.4 Å². The minimum absolute atomic E-state index is 0.237. The second kappa shape index (κ2) is 10.8. The number of para-hydroxylation sites is 2. The minimum Gasteiger partial charge on any atom is -0.352 e. The molecule has 0 aliphatic carbocycles. The maximum atomic E-state index is 12.7. The summed E-state index contributed by atoms with van der Waals surface area (Å²) in [5, 5.41) is 11.1. The quantitative estimate of drug-likeness (QED) is 0.426. The van der Waals surface area contributed by atoms with Gasteiger partial charge in [-0.2, -0.15) is 0 Å². The van der Waals surface area contributed by atoms with Crippen molar-refractivity contribution in [2.45, 2.75) is 13.8 Å². The van der Waals surface area contributed by atoms with E-state index in [9.17, 15) is 14.4 Å². The summed E-state index contributed by atoms with van der Waals surface area (Å²) >= 11 is 0. The van der Waals surface area contributed by atoms with Crippen molar-refractivity contribution >= 4 is 34.9 Å². The first-order chi connectivity index (χ1) is 15.4. The number of carbonyl (C=O) groups excluding carboxylic acids is 3. The Balaban J connectivity index is 1.62. The van der Waals surface area contributed by atoms with Crippen LogP contribution in [0.25, 0.3) is 0 Å². The van der Waals surface area contributed by atoms with Gasteiger partial charge in [0.1, 0.15) is 0 Å². The van der Waals surface area contributed by atoms with Gasteiger partial charge in [0.25, 0.3) is 11.8 Å². The fourth-order valence-corrected chi connectivity index (χ4v) is 2.90. The highest BCUT2D eigenvalue weighted by Crippen LogP contribution is 2.18. The van der Waals surface area contributed by atoms with Crippen LogP contribution < -0.4 is 21.3 Å². The largest absolute Gasteiger partial charge is 0.352 e. The molecule has 0 unspecified atom stereocenters. The van der Waals surface area contributed by atoms with Crippen molar-refractivity contribution in [3.63, 3.8) is 0 Å². The van der Waals surface area contributed by atoms with Crippen LogP contribution in [-0.4, -0.2) is 24.4 Å². The summed E-state index contributed by atoms with van der Waals surface area (Å²) < 4.78 is 0. The zero-order valence-corrected chi connectivity index (χ0v) is 18.0. The molecule has 0 atom stereocenters. The molecule has 3 rings (SSSR count). The van der Waals surface area contributed by atoms with Crippen molar-refractivity contribution in [1.29, 1.82) is 0 Å². The van der Waals surface area contributed by atoms with Crippen molar-refractivity contribution in [1.82, 2.24) is 5.32 Å². The molecule has 0 bridgehead atoms. The molecule has 0 spiro atoms. The Hall–Kier alpha value is -4.13. The average molecular weight is 431 g/mol. The van der Waals surface area contributed by atoms with Gasteiger partial charge in [-0.1, -0.05) is 44.2 Å². The van der Waals surface area contributed by atoms with Gasteiger partial charge >= 0.3 is 6.03 Å². The highest BCUT2D eigenvalue weighted by molar-refractivity contribution is 6.09. The van der Waals surface area contributed by atoms with Crippen molar-refractivity contribution in [3.05, 3.63) is 90.0 Å². The summed E-state index contributed by atoms with van der Waals surface area (Å²) in [7, 11) is 0. The third-order valence-electron chi connectivity index (χ3n) is 4.53. The van der Waals surface area contributed by atoms with Gasteiger partial charge < -0.3 is 21.3 Å². The van der Waals surface area contributed by atoms with Gasteiger partial charge in [0, 0.05) is 23.5 Å². The topological polar surface area (TPSA) is 99.3 Å². The second-order valence-electron chi connectivity index (χ2n) is 7.63. The molecule has 0 aliphatic heterocycles. The number of hydrogen-bond acceptors (Lipinski definition) is 3. The zero-order chi connectivity index (χ0) is 22.9. The van der Waals surface area contributed by atoms with Gasteiger partial charge in [0.15, 0.2) is 0 Å². The van der Waals surface area contributed by atoms with Crippen LogP contribution in [0.2, 0.25) is 0 Å². The van der Waals surface area contributed by atoms with Crippen LogP contribution in [0.3, 0.4) is 0 Å². The molecule has 0 heterocycles. The number of anilines is 3. The molecular formula is C25H26N4O3. The Bertz CT molecular complexity index is 1080. The molecular weight excluding hydrogens is 404 g/mol. The number of urea groups is 1. The lowest BCUT2D eigenvalue weighted by Gasteiger charge is -2.13. The normalized spacial score (nSPS) is 10.3. The number of rotatable bonds is 7. The molecule has 4 amide bonds. The first-order valence-corrected chi connectivity index (χ1v) is 10.3. The van der Waals surface area contributed by atoms with E-state index in [1.807, 2.05) is 32.0 Å². The Morgan fingerprint density at radius 1 is 0.688 bits per heavy atom. The fraction of sp³-hybridized carbons (Fsp3) is 0.160. The number of hydrogen-bond donors (Lipinski definition) is 4. The number of carbonyl (C=O) groups is 3. The van der Waals surface area contributed by atoms with Crippen LogP contribution >= 0.6 is 0 Å². The molecule has 0 saturated heterocycles. The van der Waals surface area contributed by atoms with Crippen LogP contribution in [0.1, 0.15) is 34.6 Å². The molecule has 0 fully saturated rings. The van der Waals surface area contributed by atoms with Gasteiger partial charge in [-0.05, 0) is 54.4 Å². The smallest absolute Gasteiger partial charge is 0.323 e. The van der Waals surface area contributed by atoms with Gasteiger partial charge in [-0.15, -0.1) is 0 Å². The van der Waals surface area contributed by atoms with E-state index in [0.717, 1.165) is 0 Å². The molecule has 0 saturated carbocycles. The molecule has 164 valence electrons. The lowest BCUT2D eigenvalue weighted by atomic mass is 10.1. The third-order valence-corrected chi connectivity index (χ3v) is 4.53. The molecule has 0 radical (unpaired) electrons. The first-order valence-electron chi connectivity index (χ1n) is 10.3. The van der Waals surface area contributed by atoms with E-state index in [1.165, 1.54) is 0 Å². The summed E-state index contributed by atoms with van der Waals surface area (Å²) in [5.41, 5.74) is 2.46. The number of benzene rings is 3. The van der Waals surface area contributed by atoms with E-state index in [4.69, 9.17) is 0 Å². The Morgan fingerprint density at radius 3 is 1.94 bits per heavy atom. The van der Waals surface area contributed by atoms with Crippen molar-refractivity contribution in [3.8, 4) is 0 Å². The van der Waals surface area contributed by atoms with E-state index >= 15 is 0 Å². The molecule has 3 aromatic rings. The third kappa shape index (κ3) is 6.43. The summed E-state index contributed by atoms with van der Waals surface area (Å²) in [4.78, 5) is 37.2. The molecule has 4 N–H and O–H groups in total. The number of nitrogens with one attached hydrogen (secondary N) is 4. The highest BCUT2D eigenvalue weighted by Gasteiger charge is 2.14. The van der Waals surface area contributed by atoms with E-state index in [-0.39, 0.29) is 17.8 Å². The lowest BCUT2D eigenvalue weighted by molar-refractivity contribution is 0.0950. The Kier molecular flexibility index (Phi) is 7.59. The molecule has 0 aliphatic rings. The summed E-state index contributed by atoms with van der Waals surface area (Å²) in [5.74, 6) is -0.268. The predicted molar refractivity (Wildman–Crippen MR) is 127 cm³/mol. The summed E-state index contributed by atoms with van der Waals surface area (Å²) in [6.45, 7) is 4.57. The van der Waals surface area contributed by atoms with Crippen LogP contribution in [-0.2, 0) is 0 Å². The average Bonchev–Trinajstić information content (AvgIpc) is 2.79. The molecule has 32 heavy (non-hydrogen) atoms. The van der Waals surface area contributed by atoms with Crippen LogP contribution in [0, 0.1) is 5.92 Å². The minimum atomic E-state index is -0.380. The molecule has 3 aromatic carbocycles. The lowest BCUT2D eigenvalue weighted by Crippen LogP contribution is -2.28. The standard InChI is InChI=1S/C25H26N4O3/c1-17(2)16-26-24(31)21-10-6-7-11-22(21)29-23(30)18-12-14-20(15-13-18)28-25(32)27-19-8-4-3-5-9-19/h3-15,17H,16H2,1-2H3,(H,26,31)(H,29,30)(H2,27,28,32). The summed E-state index contributed by atoms with van der Waals surface area (Å²) in [6.07, 6.45) is 0. The molecule has 0 aromatic heterocycles. The van der Waals surface area contributed by atoms with E-state index in [1.54, 1.807) is 60.7 Å². The Morgan fingerprint density at radius 2 is 1.28 bits per heavy atom. The maximum absolute atomic E-state index is 12.7. The monoisotopic (exact) mass is 430 g/mol. The van der Waals surface area contributed by atoms with Crippen LogP contribution in [0.15, 0.2) is 78.9 Å².